The van der Waals surface area contributed by atoms with Crippen LogP contribution in [0.5, 0.6) is 0 Å². The summed E-state index contributed by atoms with van der Waals surface area (Å²) in [5.41, 5.74) is 3.43. The number of hydrogen-bond acceptors (Lipinski definition) is 8. The first-order chi connectivity index (χ1) is 16.4. The summed E-state index contributed by atoms with van der Waals surface area (Å²) in [5.74, 6) is -0.410. The second-order valence-corrected chi connectivity index (χ2v) is 8.26. The minimum absolute atomic E-state index is 0.410. The van der Waals surface area contributed by atoms with Crippen LogP contribution in [0.15, 0.2) is 60.8 Å². The Bertz CT molecular complexity index is 1180. The van der Waals surface area contributed by atoms with Crippen LogP contribution in [0.1, 0.15) is 28.5 Å². The number of hydrogen-bond donors (Lipinski definition) is 4. The maximum absolute atomic E-state index is 11.2. The van der Waals surface area contributed by atoms with E-state index in [0.717, 1.165) is 27.6 Å². The molecular weight excluding hydrogens is 438 g/mol. The van der Waals surface area contributed by atoms with E-state index in [1.807, 2.05) is 42.5 Å². The number of methoxy groups -OCH3 is 1. The Morgan fingerprint density at radius 1 is 1.06 bits per heavy atom. The SMILES string of the molecule is COC(=O)/C=C/c1ccc(Cc2nccc3cc([C@@H]4O[C@H](CO)[C@@H](O)[C@H](O)[C@H]4O)ccc23)cc1. The van der Waals surface area contributed by atoms with Crippen LogP contribution in [0.3, 0.4) is 0 Å². The minimum Gasteiger partial charge on any atom is -0.466 e. The van der Waals surface area contributed by atoms with Crippen LogP contribution >= 0.6 is 0 Å². The Morgan fingerprint density at radius 2 is 1.82 bits per heavy atom. The van der Waals surface area contributed by atoms with Crippen molar-refractivity contribution in [1.82, 2.24) is 4.98 Å². The lowest BCUT2D eigenvalue weighted by atomic mass is 9.90. The van der Waals surface area contributed by atoms with Gasteiger partial charge in [-0.3, -0.25) is 4.98 Å². The van der Waals surface area contributed by atoms with Gasteiger partial charge < -0.3 is 29.9 Å². The van der Waals surface area contributed by atoms with E-state index < -0.39 is 43.1 Å². The highest BCUT2D eigenvalue weighted by Crippen LogP contribution is 2.34. The van der Waals surface area contributed by atoms with E-state index >= 15 is 0 Å². The lowest BCUT2D eigenvalue weighted by molar-refractivity contribution is -0.231. The third-order valence-corrected chi connectivity index (χ3v) is 6.06. The molecule has 3 aromatic rings. The number of aromatic nitrogens is 1. The van der Waals surface area contributed by atoms with Crippen LogP contribution in [0, 0.1) is 0 Å². The predicted molar refractivity (Wildman–Crippen MR) is 125 cm³/mol. The highest BCUT2D eigenvalue weighted by atomic mass is 16.5. The van der Waals surface area contributed by atoms with Gasteiger partial charge in [0.15, 0.2) is 0 Å². The van der Waals surface area contributed by atoms with Gasteiger partial charge in [-0.15, -0.1) is 0 Å². The molecule has 8 nitrogen and oxygen atoms in total. The van der Waals surface area contributed by atoms with Gasteiger partial charge in [-0.2, -0.15) is 0 Å². The fraction of sp³-hybridized carbons (Fsp3) is 0.308. The average Bonchev–Trinajstić information content (AvgIpc) is 2.86. The predicted octanol–water partition coefficient (Wildman–Crippen LogP) is 1.53. The van der Waals surface area contributed by atoms with Crippen molar-refractivity contribution in [3.8, 4) is 0 Å². The number of carbonyl (C=O) groups is 1. The van der Waals surface area contributed by atoms with Gasteiger partial charge in [-0.05, 0) is 40.3 Å². The molecule has 0 amide bonds. The number of aliphatic hydroxyl groups is 4. The first-order valence-corrected chi connectivity index (χ1v) is 10.9. The first kappa shape index (κ1) is 24.0. The van der Waals surface area contributed by atoms with E-state index in [9.17, 15) is 25.2 Å². The Hall–Kier alpha value is -3.14. The number of aliphatic hydroxyl groups excluding tert-OH is 4. The third-order valence-electron chi connectivity index (χ3n) is 6.06. The third kappa shape index (κ3) is 5.01. The zero-order valence-corrected chi connectivity index (χ0v) is 18.6. The van der Waals surface area contributed by atoms with Gasteiger partial charge in [0, 0.05) is 24.1 Å². The molecule has 0 unspecified atom stereocenters. The summed E-state index contributed by atoms with van der Waals surface area (Å²) in [6.07, 6.45) is -0.636. The molecule has 8 heteroatoms. The van der Waals surface area contributed by atoms with Gasteiger partial charge in [0.05, 0.1) is 19.4 Å². The van der Waals surface area contributed by atoms with Crippen LogP contribution in [0.2, 0.25) is 0 Å². The molecule has 1 saturated heterocycles. The summed E-state index contributed by atoms with van der Waals surface area (Å²) in [5, 5.41) is 41.9. The van der Waals surface area contributed by atoms with E-state index in [2.05, 4.69) is 9.72 Å². The normalized spacial score (nSPS) is 25.0. The second kappa shape index (κ2) is 10.4. The molecule has 2 heterocycles. The molecule has 5 atom stereocenters. The van der Waals surface area contributed by atoms with Gasteiger partial charge in [-0.1, -0.05) is 36.4 Å². The van der Waals surface area contributed by atoms with E-state index in [1.165, 1.54) is 13.2 Å². The van der Waals surface area contributed by atoms with Crippen molar-refractivity contribution in [2.45, 2.75) is 36.9 Å². The topological polar surface area (TPSA) is 129 Å². The molecule has 4 rings (SSSR count). The summed E-state index contributed by atoms with van der Waals surface area (Å²) in [6, 6.07) is 15.2. The number of rotatable bonds is 6. The van der Waals surface area contributed by atoms with Crippen LogP contribution in [0.25, 0.3) is 16.8 Å². The molecule has 1 fully saturated rings. The maximum Gasteiger partial charge on any atom is 0.330 e. The summed E-state index contributed by atoms with van der Waals surface area (Å²) >= 11 is 0. The summed E-state index contributed by atoms with van der Waals surface area (Å²) in [4.78, 5) is 15.8. The molecule has 4 N–H and O–H groups in total. The number of carbonyl (C=O) groups excluding carboxylic acids is 1. The average molecular weight is 466 g/mol. The molecule has 178 valence electrons. The highest BCUT2D eigenvalue weighted by molar-refractivity contribution is 5.87. The molecule has 0 spiro atoms. The number of fused-ring (bicyclic) bond motifs is 1. The van der Waals surface area contributed by atoms with Gasteiger partial charge >= 0.3 is 5.97 Å². The van der Waals surface area contributed by atoms with Crippen molar-refractivity contribution in [3.05, 3.63) is 83.2 Å². The molecule has 0 radical (unpaired) electrons. The Balaban J connectivity index is 1.56. The zero-order valence-electron chi connectivity index (χ0n) is 18.6. The van der Waals surface area contributed by atoms with Crippen LogP contribution in [-0.2, 0) is 20.7 Å². The molecule has 34 heavy (non-hydrogen) atoms. The van der Waals surface area contributed by atoms with Gasteiger partial charge in [0.25, 0.3) is 0 Å². The van der Waals surface area contributed by atoms with Crippen molar-refractivity contribution in [1.29, 1.82) is 0 Å². The van der Waals surface area contributed by atoms with Crippen molar-refractivity contribution < 1.29 is 34.7 Å². The first-order valence-electron chi connectivity index (χ1n) is 10.9. The smallest absolute Gasteiger partial charge is 0.330 e. The van der Waals surface area contributed by atoms with Crippen molar-refractivity contribution in [2.75, 3.05) is 13.7 Å². The lowest BCUT2D eigenvalue weighted by Gasteiger charge is -2.40. The van der Waals surface area contributed by atoms with E-state index in [0.29, 0.717) is 12.0 Å². The number of ether oxygens (including phenoxy) is 2. The monoisotopic (exact) mass is 465 g/mol. The van der Waals surface area contributed by atoms with Crippen molar-refractivity contribution >= 4 is 22.8 Å². The molecule has 0 saturated carbocycles. The molecule has 1 aliphatic rings. The largest absolute Gasteiger partial charge is 0.466 e. The van der Waals surface area contributed by atoms with Crippen LogP contribution < -0.4 is 0 Å². The fourth-order valence-electron chi connectivity index (χ4n) is 4.13. The van der Waals surface area contributed by atoms with E-state index in [1.54, 1.807) is 18.3 Å². The minimum atomic E-state index is -1.43. The Labute approximate surface area is 196 Å². The lowest BCUT2D eigenvalue weighted by Crippen LogP contribution is -2.55. The van der Waals surface area contributed by atoms with Gasteiger partial charge in [-0.25, -0.2) is 4.79 Å². The summed E-state index contributed by atoms with van der Waals surface area (Å²) in [6.45, 7) is -0.472. The number of benzene rings is 2. The van der Waals surface area contributed by atoms with Crippen molar-refractivity contribution in [3.63, 3.8) is 0 Å². The standard InChI is InChI=1S/C26H27NO7/c1-33-22(29)9-6-15-2-4-16(5-3-15)12-20-19-8-7-18(13-17(19)10-11-27-20)26-25(32)24(31)23(30)21(14-28)34-26/h2-11,13,21,23-26,28,30-32H,12,14H2,1H3/b9-6+/t21-,23-,24+,25-,26+/m1/s1. The van der Waals surface area contributed by atoms with Gasteiger partial charge in [0.1, 0.15) is 30.5 Å². The Morgan fingerprint density at radius 3 is 2.53 bits per heavy atom. The quantitative estimate of drug-likeness (QED) is 0.319. The van der Waals surface area contributed by atoms with E-state index in [-0.39, 0.29) is 0 Å². The summed E-state index contributed by atoms with van der Waals surface area (Å²) < 4.78 is 10.3. The molecular formula is C26H27NO7. The number of nitrogens with zero attached hydrogens (tertiary/aromatic N) is 1. The molecule has 0 bridgehead atoms. The van der Waals surface area contributed by atoms with Gasteiger partial charge in [0.2, 0.25) is 0 Å². The Kier molecular flexibility index (Phi) is 7.35. The molecule has 2 aromatic carbocycles. The maximum atomic E-state index is 11.2. The number of esters is 1. The number of pyridine rings is 1. The van der Waals surface area contributed by atoms with Crippen LogP contribution in [-0.4, -0.2) is 69.5 Å². The van der Waals surface area contributed by atoms with Crippen molar-refractivity contribution in [2.24, 2.45) is 0 Å². The van der Waals surface area contributed by atoms with E-state index in [4.69, 9.17) is 4.74 Å². The molecule has 0 aliphatic carbocycles. The fourth-order valence-corrected chi connectivity index (χ4v) is 4.13. The molecule has 1 aliphatic heterocycles. The second-order valence-electron chi connectivity index (χ2n) is 8.26. The summed E-state index contributed by atoms with van der Waals surface area (Å²) in [7, 11) is 1.33. The highest BCUT2D eigenvalue weighted by Gasteiger charge is 2.43. The zero-order chi connectivity index (χ0) is 24.2. The molecule has 1 aromatic heterocycles. The van der Waals surface area contributed by atoms with Crippen LogP contribution in [0.4, 0.5) is 0 Å².